The van der Waals surface area contributed by atoms with Crippen LogP contribution >= 0.6 is 11.6 Å². The van der Waals surface area contributed by atoms with E-state index in [1.165, 1.54) is 6.07 Å². The Hall–Kier alpha value is -0.600. The number of rotatable bonds is 4. The molecule has 0 spiro atoms. The van der Waals surface area contributed by atoms with Gasteiger partial charge in [0.2, 0.25) is 0 Å². The van der Waals surface area contributed by atoms with Crippen molar-refractivity contribution in [1.29, 1.82) is 0 Å². The van der Waals surface area contributed by atoms with Crippen LogP contribution in [0.4, 0.5) is 4.39 Å². The van der Waals surface area contributed by atoms with E-state index in [-0.39, 0.29) is 22.9 Å². The molecule has 1 fully saturated rings. The minimum Gasteiger partial charge on any atom is -0.396 e. The first-order valence-electron chi connectivity index (χ1n) is 5.60. The fourth-order valence-electron chi connectivity index (χ4n) is 2.23. The van der Waals surface area contributed by atoms with Gasteiger partial charge in [0, 0.05) is 6.61 Å². The zero-order valence-electron chi connectivity index (χ0n) is 9.34. The lowest BCUT2D eigenvalue weighted by atomic mass is 9.80. The number of aliphatic hydroxyl groups is 1. The highest BCUT2D eigenvalue weighted by Gasteiger charge is 2.41. The number of benzene rings is 1. The molecular formula is C13H16ClFO. The van der Waals surface area contributed by atoms with E-state index < -0.39 is 0 Å². The summed E-state index contributed by atoms with van der Waals surface area (Å²) in [6, 6.07) is 4.86. The lowest BCUT2D eigenvalue weighted by Gasteiger charge is -2.27. The van der Waals surface area contributed by atoms with E-state index in [0.717, 1.165) is 18.4 Å². The van der Waals surface area contributed by atoms with Crippen LogP contribution in [0.15, 0.2) is 18.2 Å². The van der Waals surface area contributed by atoms with Crippen LogP contribution in [0.5, 0.6) is 0 Å². The Morgan fingerprint density at radius 3 is 2.75 bits per heavy atom. The quantitative estimate of drug-likeness (QED) is 0.858. The lowest BCUT2D eigenvalue weighted by molar-refractivity contribution is 0.119. The maximum Gasteiger partial charge on any atom is 0.142 e. The molecule has 1 aliphatic rings. The van der Waals surface area contributed by atoms with E-state index in [1.807, 2.05) is 13.0 Å². The van der Waals surface area contributed by atoms with Crippen molar-refractivity contribution in [3.63, 3.8) is 0 Å². The van der Waals surface area contributed by atoms with Gasteiger partial charge >= 0.3 is 0 Å². The second-order valence-electron chi connectivity index (χ2n) is 4.98. The highest BCUT2D eigenvalue weighted by Crippen LogP contribution is 2.47. The van der Waals surface area contributed by atoms with Gasteiger partial charge in [-0.25, -0.2) is 4.39 Å². The molecule has 0 bridgehead atoms. The summed E-state index contributed by atoms with van der Waals surface area (Å²) in [5, 5.41) is 9.68. The third-order valence-corrected chi connectivity index (χ3v) is 3.97. The molecular weight excluding hydrogens is 227 g/mol. The van der Waals surface area contributed by atoms with Gasteiger partial charge in [0.1, 0.15) is 5.82 Å². The van der Waals surface area contributed by atoms with Gasteiger partial charge in [-0.3, -0.25) is 0 Å². The smallest absolute Gasteiger partial charge is 0.142 e. The molecule has 1 nitrogen and oxygen atoms in total. The summed E-state index contributed by atoms with van der Waals surface area (Å²) < 4.78 is 13.3. The van der Waals surface area contributed by atoms with Gasteiger partial charge in [-0.15, -0.1) is 0 Å². The predicted molar refractivity (Wildman–Crippen MR) is 63.0 cm³/mol. The maximum atomic E-state index is 13.3. The van der Waals surface area contributed by atoms with Crippen molar-refractivity contribution in [3.8, 4) is 0 Å². The Kier molecular flexibility index (Phi) is 3.22. The monoisotopic (exact) mass is 242 g/mol. The summed E-state index contributed by atoms with van der Waals surface area (Å²) >= 11 is 5.92. The maximum absolute atomic E-state index is 13.3. The van der Waals surface area contributed by atoms with Crippen LogP contribution in [0.25, 0.3) is 0 Å². The lowest BCUT2D eigenvalue weighted by Crippen LogP contribution is -2.27. The van der Waals surface area contributed by atoms with Gasteiger partial charge < -0.3 is 5.11 Å². The second kappa shape index (κ2) is 4.34. The molecule has 1 atom stereocenters. The molecule has 88 valence electrons. The van der Waals surface area contributed by atoms with Crippen molar-refractivity contribution >= 4 is 11.6 Å². The first-order valence-corrected chi connectivity index (χ1v) is 5.98. The number of hydrogen-bond donors (Lipinski definition) is 1. The summed E-state index contributed by atoms with van der Waals surface area (Å²) in [4.78, 5) is 0. The molecule has 1 N–H and O–H groups in total. The van der Waals surface area contributed by atoms with Gasteiger partial charge in [-0.2, -0.15) is 0 Å². The highest BCUT2D eigenvalue weighted by atomic mass is 35.5. The molecule has 0 aromatic heterocycles. The molecule has 16 heavy (non-hydrogen) atoms. The van der Waals surface area contributed by atoms with Crippen molar-refractivity contribution in [2.75, 3.05) is 6.61 Å². The van der Waals surface area contributed by atoms with Crippen LogP contribution in [0.2, 0.25) is 5.02 Å². The molecule has 3 heteroatoms. The zero-order valence-corrected chi connectivity index (χ0v) is 10.1. The van der Waals surface area contributed by atoms with Gasteiger partial charge in [-0.1, -0.05) is 30.7 Å². The second-order valence-corrected chi connectivity index (χ2v) is 5.35. The predicted octanol–water partition coefficient (Wildman–Crippen LogP) is 3.43. The highest BCUT2D eigenvalue weighted by molar-refractivity contribution is 6.31. The van der Waals surface area contributed by atoms with Crippen LogP contribution in [0.1, 0.15) is 25.3 Å². The molecule has 1 saturated carbocycles. The third kappa shape index (κ3) is 2.23. The molecule has 0 amide bonds. The van der Waals surface area contributed by atoms with Crippen molar-refractivity contribution in [2.45, 2.75) is 26.2 Å². The molecule has 2 rings (SSSR count). The standard InChI is InChI=1S/C13H16ClFO/c1-13(8-16,10-5-6-10)7-9-3-2-4-11(15)12(9)14/h2-4,10,16H,5-8H2,1H3. The third-order valence-electron chi connectivity index (χ3n) is 3.55. The van der Waals surface area contributed by atoms with Crippen LogP contribution < -0.4 is 0 Å². The zero-order chi connectivity index (χ0) is 11.8. The summed E-state index contributed by atoms with van der Waals surface area (Å²) in [6.45, 7) is 2.18. The van der Waals surface area contributed by atoms with Gasteiger partial charge in [0.05, 0.1) is 5.02 Å². The summed E-state index contributed by atoms with van der Waals surface area (Å²) in [7, 11) is 0. The molecule has 1 aliphatic carbocycles. The van der Waals surface area contributed by atoms with Gasteiger partial charge in [0.15, 0.2) is 0 Å². The molecule has 0 saturated heterocycles. The van der Waals surface area contributed by atoms with Crippen LogP contribution in [0.3, 0.4) is 0 Å². The van der Waals surface area contributed by atoms with Crippen LogP contribution in [-0.2, 0) is 6.42 Å². The van der Waals surface area contributed by atoms with E-state index in [2.05, 4.69) is 0 Å². The number of aliphatic hydroxyl groups excluding tert-OH is 1. The van der Waals surface area contributed by atoms with Crippen molar-refractivity contribution in [3.05, 3.63) is 34.6 Å². The number of halogens is 2. The van der Waals surface area contributed by atoms with E-state index in [1.54, 1.807) is 6.07 Å². The average Bonchev–Trinajstić information content (AvgIpc) is 3.08. The van der Waals surface area contributed by atoms with Crippen LogP contribution in [0, 0.1) is 17.2 Å². The molecule has 1 aromatic rings. The van der Waals surface area contributed by atoms with Crippen molar-refractivity contribution in [1.82, 2.24) is 0 Å². The summed E-state index contributed by atoms with van der Waals surface area (Å²) in [5.41, 5.74) is 0.641. The average molecular weight is 243 g/mol. The minimum atomic E-state index is -0.379. The van der Waals surface area contributed by atoms with E-state index in [0.29, 0.717) is 12.3 Å². The van der Waals surface area contributed by atoms with Crippen LogP contribution in [-0.4, -0.2) is 11.7 Å². The first-order chi connectivity index (χ1) is 7.57. The molecule has 1 aromatic carbocycles. The fourth-order valence-corrected chi connectivity index (χ4v) is 2.42. The first kappa shape index (κ1) is 11.9. The van der Waals surface area contributed by atoms with Gasteiger partial charge in [0.25, 0.3) is 0 Å². The van der Waals surface area contributed by atoms with Crippen molar-refractivity contribution in [2.24, 2.45) is 11.3 Å². The van der Waals surface area contributed by atoms with E-state index >= 15 is 0 Å². The molecule has 0 aliphatic heterocycles. The number of hydrogen-bond acceptors (Lipinski definition) is 1. The summed E-state index contributed by atoms with van der Waals surface area (Å²) in [5.74, 6) is 0.173. The van der Waals surface area contributed by atoms with Crippen molar-refractivity contribution < 1.29 is 9.50 Å². The topological polar surface area (TPSA) is 20.2 Å². The Morgan fingerprint density at radius 1 is 1.50 bits per heavy atom. The Morgan fingerprint density at radius 2 is 2.19 bits per heavy atom. The normalized spacial score (nSPS) is 19.5. The molecule has 0 heterocycles. The van der Waals surface area contributed by atoms with E-state index in [4.69, 9.17) is 11.6 Å². The SMILES string of the molecule is CC(CO)(Cc1cccc(F)c1Cl)C1CC1. The van der Waals surface area contributed by atoms with Gasteiger partial charge in [-0.05, 0) is 42.2 Å². The molecule has 1 unspecified atom stereocenters. The van der Waals surface area contributed by atoms with E-state index in [9.17, 15) is 9.50 Å². The Bertz CT molecular complexity index is 390. The fraction of sp³-hybridized carbons (Fsp3) is 0.538. The minimum absolute atomic E-state index is 0.129. The Balaban J connectivity index is 2.22. The summed E-state index contributed by atoms with van der Waals surface area (Å²) in [6.07, 6.45) is 2.96. The molecule has 0 radical (unpaired) electrons. The largest absolute Gasteiger partial charge is 0.396 e. The Labute approximate surface area is 100 Å².